The monoisotopic (exact) mass is 254 g/mol. The highest BCUT2D eigenvalue weighted by atomic mass is 16.5. The lowest BCUT2D eigenvalue weighted by Gasteiger charge is -2.42. The third-order valence-corrected chi connectivity index (χ3v) is 4.51. The molecule has 2 fully saturated rings. The third kappa shape index (κ3) is 3.69. The van der Waals surface area contributed by atoms with Crippen LogP contribution in [0.2, 0.25) is 0 Å². The van der Waals surface area contributed by atoms with Gasteiger partial charge in [0.1, 0.15) is 0 Å². The van der Waals surface area contributed by atoms with Crippen molar-refractivity contribution in [2.45, 2.75) is 51.0 Å². The number of amides is 1. The Balaban J connectivity index is 1.67. The van der Waals surface area contributed by atoms with Crippen LogP contribution in [0.5, 0.6) is 0 Å². The van der Waals surface area contributed by atoms with Crippen LogP contribution < -0.4 is 10.6 Å². The number of nitrogens with one attached hydrogen (secondary N) is 2. The van der Waals surface area contributed by atoms with Crippen molar-refractivity contribution >= 4 is 5.91 Å². The fraction of sp³-hybridized carbons (Fsp3) is 0.929. The summed E-state index contributed by atoms with van der Waals surface area (Å²) in [4.78, 5) is 11.9. The van der Waals surface area contributed by atoms with Gasteiger partial charge in [0.25, 0.3) is 0 Å². The van der Waals surface area contributed by atoms with Crippen LogP contribution in [0.15, 0.2) is 0 Å². The fourth-order valence-electron chi connectivity index (χ4n) is 3.02. The van der Waals surface area contributed by atoms with Gasteiger partial charge in [-0.3, -0.25) is 4.79 Å². The van der Waals surface area contributed by atoms with E-state index in [-0.39, 0.29) is 5.91 Å². The Labute approximate surface area is 110 Å². The zero-order valence-electron chi connectivity index (χ0n) is 11.5. The Morgan fingerprint density at radius 3 is 2.83 bits per heavy atom. The molecule has 0 spiro atoms. The smallest absolute Gasteiger partial charge is 0.221 e. The molecule has 0 bridgehead atoms. The Hall–Kier alpha value is -0.610. The molecule has 1 unspecified atom stereocenters. The van der Waals surface area contributed by atoms with Gasteiger partial charge in [-0.1, -0.05) is 6.42 Å². The summed E-state index contributed by atoms with van der Waals surface area (Å²) in [6, 6.07) is 0.404. The lowest BCUT2D eigenvalue weighted by atomic mass is 9.66. The molecule has 104 valence electrons. The molecule has 4 nitrogen and oxygen atoms in total. The van der Waals surface area contributed by atoms with Crippen LogP contribution in [-0.4, -0.2) is 38.8 Å². The highest BCUT2D eigenvalue weighted by Crippen LogP contribution is 2.43. The first-order valence-corrected chi connectivity index (χ1v) is 7.23. The van der Waals surface area contributed by atoms with Gasteiger partial charge in [-0.2, -0.15) is 0 Å². The zero-order valence-corrected chi connectivity index (χ0v) is 11.5. The number of hydrogen-bond donors (Lipinski definition) is 2. The first-order chi connectivity index (χ1) is 8.74. The molecule has 1 aliphatic carbocycles. The van der Waals surface area contributed by atoms with Crippen LogP contribution in [0.3, 0.4) is 0 Å². The van der Waals surface area contributed by atoms with E-state index in [4.69, 9.17) is 4.74 Å². The van der Waals surface area contributed by atoms with Crippen LogP contribution in [-0.2, 0) is 9.53 Å². The Kier molecular flexibility index (Phi) is 5.01. The lowest BCUT2D eigenvalue weighted by molar-refractivity contribution is -0.122. The van der Waals surface area contributed by atoms with E-state index in [0.29, 0.717) is 17.9 Å². The average Bonchev–Trinajstić information content (AvgIpc) is 2.80. The molecule has 2 rings (SSSR count). The van der Waals surface area contributed by atoms with Gasteiger partial charge in [-0.25, -0.2) is 0 Å². The average molecular weight is 254 g/mol. The maximum absolute atomic E-state index is 11.9. The number of hydrogen-bond acceptors (Lipinski definition) is 3. The molecular weight excluding hydrogens is 228 g/mol. The molecule has 2 aliphatic rings. The van der Waals surface area contributed by atoms with Crippen LogP contribution >= 0.6 is 0 Å². The summed E-state index contributed by atoms with van der Waals surface area (Å²) in [5, 5.41) is 6.49. The van der Waals surface area contributed by atoms with Crippen LogP contribution in [0.4, 0.5) is 0 Å². The molecule has 0 radical (unpaired) electrons. The zero-order chi connectivity index (χ0) is 12.8. The number of ether oxygens (including phenoxy) is 1. The van der Waals surface area contributed by atoms with Crippen molar-refractivity contribution in [3.05, 3.63) is 0 Å². The van der Waals surface area contributed by atoms with Crippen LogP contribution in [0, 0.1) is 5.41 Å². The summed E-state index contributed by atoms with van der Waals surface area (Å²) in [7, 11) is 1.75. The maximum atomic E-state index is 11.9. The topological polar surface area (TPSA) is 50.4 Å². The number of carbonyl (C=O) groups excluding carboxylic acids is 1. The molecular formula is C14H26N2O2. The van der Waals surface area contributed by atoms with Gasteiger partial charge in [-0.05, 0) is 44.1 Å². The molecule has 1 amide bonds. The molecule has 1 saturated heterocycles. The van der Waals surface area contributed by atoms with Gasteiger partial charge in [0.05, 0.1) is 0 Å². The molecule has 0 aromatic heterocycles. The largest absolute Gasteiger partial charge is 0.385 e. The SMILES string of the molecule is COCCC1(CNC(=O)CC2CCCN2)CCC1. The predicted molar refractivity (Wildman–Crippen MR) is 71.4 cm³/mol. The van der Waals surface area contributed by atoms with Crippen molar-refractivity contribution < 1.29 is 9.53 Å². The Bertz CT molecular complexity index is 271. The summed E-state index contributed by atoms with van der Waals surface area (Å²) in [5.74, 6) is 0.207. The van der Waals surface area contributed by atoms with Crippen molar-refractivity contribution in [2.24, 2.45) is 5.41 Å². The summed E-state index contributed by atoms with van der Waals surface area (Å²) in [5.41, 5.74) is 0.328. The van der Waals surface area contributed by atoms with Gasteiger partial charge in [0, 0.05) is 32.7 Å². The normalized spacial score (nSPS) is 25.7. The molecule has 0 aromatic carbocycles. The second-order valence-electron chi connectivity index (χ2n) is 5.87. The summed E-state index contributed by atoms with van der Waals surface area (Å²) in [6.07, 6.45) is 7.82. The third-order valence-electron chi connectivity index (χ3n) is 4.51. The molecule has 2 N–H and O–H groups in total. The minimum absolute atomic E-state index is 0.207. The van der Waals surface area contributed by atoms with E-state index in [1.165, 1.54) is 25.7 Å². The van der Waals surface area contributed by atoms with Crippen molar-refractivity contribution in [1.29, 1.82) is 0 Å². The first kappa shape index (κ1) is 13.8. The Morgan fingerprint density at radius 2 is 2.28 bits per heavy atom. The standard InChI is InChI=1S/C14H26N2O2/c1-18-9-7-14(5-3-6-14)11-16-13(17)10-12-4-2-8-15-12/h12,15H,2-11H2,1H3,(H,16,17). The van der Waals surface area contributed by atoms with Crippen molar-refractivity contribution in [1.82, 2.24) is 10.6 Å². The van der Waals surface area contributed by atoms with E-state index in [0.717, 1.165) is 32.5 Å². The van der Waals surface area contributed by atoms with Gasteiger partial charge in [-0.15, -0.1) is 0 Å². The van der Waals surface area contributed by atoms with Crippen molar-refractivity contribution in [3.63, 3.8) is 0 Å². The minimum atomic E-state index is 0.207. The number of rotatable bonds is 7. The molecule has 0 aromatic rings. The lowest BCUT2D eigenvalue weighted by Crippen LogP contribution is -2.44. The molecule has 1 saturated carbocycles. The van der Waals surface area contributed by atoms with E-state index < -0.39 is 0 Å². The van der Waals surface area contributed by atoms with Crippen LogP contribution in [0.1, 0.15) is 44.9 Å². The second kappa shape index (κ2) is 6.53. The second-order valence-corrected chi connectivity index (χ2v) is 5.87. The molecule has 1 heterocycles. The summed E-state index contributed by atoms with van der Waals surface area (Å²) in [6.45, 7) is 2.71. The highest BCUT2D eigenvalue weighted by Gasteiger charge is 2.36. The van der Waals surface area contributed by atoms with E-state index in [2.05, 4.69) is 10.6 Å². The van der Waals surface area contributed by atoms with E-state index in [1.807, 2.05) is 0 Å². The fourth-order valence-corrected chi connectivity index (χ4v) is 3.02. The Morgan fingerprint density at radius 1 is 1.44 bits per heavy atom. The molecule has 18 heavy (non-hydrogen) atoms. The van der Waals surface area contributed by atoms with Gasteiger partial charge < -0.3 is 15.4 Å². The van der Waals surface area contributed by atoms with E-state index in [1.54, 1.807) is 7.11 Å². The molecule has 1 atom stereocenters. The number of methoxy groups -OCH3 is 1. The minimum Gasteiger partial charge on any atom is -0.385 e. The quantitative estimate of drug-likeness (QED) is 0.723. The number of carbonyl (C=O) groups is 1. The van der Waals surface area contributed by atoms with E-state index in [9.17, 15) is 4.79 Å². The van der Waals surface area contributed by atoms with Gasteiger partial charge >= 0.3 is 0 Å². The van der Waals surface area contributed by atoms with Crippen LogP contribution in [0.25, 0.3) is 0 Å². The van der Waals surface area contributed by atoms with Crippen molar-refractivity contribution in [2.75, 3.05) is 26.8 Å². The van der Waals surface area contributed by atoms with Crippen molar-refractivity contribution in [3.8, 4) is 0 Å². The first-order valence-electron chi connectivity index (χ1n) is 7.23. The summed E-state index contributed by atoms with van der Waals surface area (Å²) < 4.78 is 5.16. The van der Waals surface area contributed by atoms with E-state index >= 15 is 0 Å². The predicted octanol–water partition coefficient (Wildman–Crippen LogP) is 1.45. The molecule has 4 heteroatoms. The summed E-state index contributed by atoms with van der Waals surface area (Å²) >= 11 is 0. The maximum Gasteiger partial charge on any atom is 0.221 e. The molecule has 1 aliphatic heterocycles. The van der Waals surface area contributed by atoms with Gasteiger partial charge in [0.15, 0.2) is 0 Å². The highest BCUT2D eigenvalue weighted by molar-refractivity contribution is 5.76. The van der Waals surface area contributed by atoms with Gasteiger partial charge in [0.2, 0.25) is 5.91 Å².